The number of fused-ring (bicyclic) bond motifs is 3. The van der Waals surface area contributed by atoms with E-state index in [2.05, 4.69) is 4.99 Å². The van der Waals surface area contributed by atoms with Crippen molar-refractivity contribution in [3.05, 3.63) is 64.2 Å². The van der Waals surface area contributed by atoms with Crippen LogP contribution >= 0.6 is 23.4 Å². The number of thioether (sulfide) groups is 1. The highest BCUT2D eigenvalue weighted by Crippen LogP contribution is 2.50. The number of hydrogen-bond donors (Lipinski definition) is 2. The predicted octanol–water partition coefficient (Wildman–Crippen LogP) is 2.25. The van der Waals surface area contributed by atoms with Crippen molar-refractivity contribution in [3.8, 4) is 0 Å². The van der Waals surface area contributed by atoms with E-state index >= 15 is 0 Å². The molecule has 0 aromatic heterocycles. The molecule has 0 radical (unpaired) electrons. The molecule has 2 unspecified atom stereocenters. The van der Waals surface area contributed by atoms with Crippen LogP contribution in [0.3, 0.4) is 0 Å². The third-order valence-electron chi connectivity index (χ3n) is 4.27. The lowest BCUT2D eigenvalue weighted by molar-refractivity contribution is 0.0580. The van der Waals surface area contributed by atoms with Gasteiger partial charge in [0.05, 0.1) is 10.1 Å². The van der Waals surface area contributed by atoms with Gasteiger partial charge in [0.1, 0.15) is 5.04 Å². The molecule has 4 rings (SSSR count). The molecular formula is C16H13ClN2O3S2. The van der Waals surface area contributed by atoms with Crippen LogP contribution in [0, 0.1) is 0 Å². The van der Waals surface area contributed by atoms with Crippen molar-refractivity contribution in [1.29, 1.82) is 0 Å². The number of nitrogens with zero attached hydrogens (tertiary/aromatic N) is 1. The van der Waals surface area contributed by atoms with Crippen LogP contribution in [0.4, 0.5) is 0 Å². The van der Waals surface area contributed by atoms with Gasteiger partial charge in [0.2, 0.25) is 10.0 Å². The summed E-state index contributed by atoms with van der Waals surface area (Å²) in [6.45, 7) is 0. The van der Waals surface area contributed by atoms with Gasteiger partial charge in [-0.05, 0) is 36.2 Å². The summed E-state index contributed by atoms with van der Waals surface area (Å²) in [6, 6.07) is 11.6. The van der Waals surface area contributed by atoms with Crippen LogP contribution in [0.2, 0.25) is 5.02 Å². The number of aliphatic imine (C=N–C) groups is 1. The highest BCUT2D eigenvalue weighted by atomic mass is 35.5. The number of primary sulfonamides is 1. The Kier molecular flexibility index (Phi) is 3.56. The summed E-state index contributed by atoms with van der Waals surface area (Å²) in [6.07, 6.45) is 0.680. The molecule has 24 heavy (non-hydrogen) atoms. The molecule has 2 aromatic carbocycles. The average Bonchev–Trinajstić information content (AvgIpc) is 2.96. The molecule has 1 heterocycles. The van der Waals surface area contributed by atoms with Crippen LogP contribution in [0.15, 0.2) is 52.4 Å². The zero-order valence-corrected chi connectivity index (χ0v) is 14.7. The lowest BCUT2D eigenvalue weighted by Gasteiger charge is -2.19. The standard InChI is InChI=1S/C16H13ClN2O3S2/c17-11-3-6-13-10(7-11)8-14-16(13,20)19-15(23-14)9-1-4-12(5-2-9)24(18,21)22/h1-7,14,20H,8H2,(H2,18,21,22). The molecule has 1 aliphatic heterocycles. The average molecular weight is 381 g/mol. The Morgan fingerprint density at radius 3 is 2.62 bits per heavy atom. The number of sulfonamides is 1. The smallest absolute Gasteiger partial charge is 0.238 e. The Bertz CT molecular complexity index is 973. The van der Waals surface area contributed by atoms with Crippen molar-refractivity contribution in [2.24, 2.45) is 10.1 Å². The molecule has 5 nitrogen and oxygen atoms in total. The largest absolute Gasteiger partial charge is 0.365 e. The third kappa shape index (κ3) is 2.48. The number of benzene rings is 2. The van der Waals surface area contributed by atoms with E-state index in [0.717, 1.165) is 16.7 Å². The number of aliphatic hydroxyl groups is 1. The second-order valence-corrected chi connectivity index (χ2v) is 9.01. The van der Waals surface area contributed by atoms with Crippen molar-refractivity contribution in [3.63, 3.8) is 0 Å². The van der Waals surface area contributed by atoms with Gasteiger partial charge in [-0.3, -0.25) is 0 Å². The number of nitrogens with two attached hydrogens (primary N) is 1. The molecule has 0 bridgehead atoms. The summed E-state index contributed by atoms with van der Waals surface area (Å²) in [5.74, 6) is 0. The zero-order valence-electron chi connectivity index (χ0n) is 12.3. The monoisotopic (exact) mass is 380 g/mol. The van der Waals surface area contributed by atoms with Crippen LogP contribution < -0.4 is 5.14 Å². The summed E-state index contributed by atoms with van der Waals surface area (Å²) < 4.78 is 22.7. The Balaban J connectivity index is 1.72. The minimum absolute atomic E-state index is 0.0498. The highest BCUT2D eigenvalue weighted by Gasteiger charge is 2.50. The molecule has 2 aliphatic rings. The molecular weight excluding hydrogens is 368 g/mol. The fraction of sp³-hybridized carbons (Fsp3) is 0.188. The van der Waals surface area contributed by atoms with E-state index in [9.17, 15) is 13.5 Å². The zero-order chi connectivity index (χ0) is 17.1. The molecule has 124 valence electrons. The van der Waals surface area contributed by atoms with E-state index in [1.165, 1.54) is 23.9 Å². The first-order valence-electron chi connectivity index (χ1n) is 7.18. The van der Waals surface area contributed by atoms with Crippen molar-refractivity contribution < 1.29 is 13.5 Å². The summed E-state index contributed by atoms with van der Waals surface area (Å²) in [5.41, 5.74) is 1.28. The SMILES string of the molecule is NS(=O)(=O)c1ccc(C2=NC3(O)c4ccc(Cl)cc4CC3S2)cc1. The lowest BCUT2D eigenvalue weighted by Crippen LogP contribution is -2.27. The van der Waals surface area contributed by atoms with E-state index < -0.39 is 15.7 Å². The first-order valence-corrected chi connectivity index (χ1v) is 9.99. The van der Waals surface area contributed by atoms with Gasteiger partial charge < -0.3 is 5.11 Å². The van der Waals surface area contributed by atoms with Gasteiger partial charge in [-0.1, -0.05) is 41.6 Å². The molecule has 0 fully saturated rings. The maximum atomic E-state index is 11.3. The quantitative estimate of drug-likeness (QED) is 0.835. The summed E-state index contributed by atoms with van der Waals surface area (Å²) in [4.78, 5) is 4.58. The summed E-state index contributed by atoms with van der Waals surface area (Å²) >= 11 is 7.50. The Hall–Kier alpha value is -1.38. The van der Waals surface area contributed by atoms with E-state index in [0.29, 0.717) is 16.5 Å². The van der Waals surface area contributed by atoms with Gasteiger partial charge in [-0.2, -0.15) is 0 Å². The highest BCUT2D eigenvalue weighted by molar-refractivity contribution is 8.15. The molecule has 3 N–H and O–H groups in total. The Labute approximate surface area is 148 Å². The maximum Gasteiger partial charge on any atom is 0.238 e. The van der Waals surface area contributed by atoms with E-state index in [-0.39, 0.29) is 10.1 Å². The van der Waals surface area contributed by atoms with E-state index in [4.69, 9.17) is 16.7 Å². The van der Waals surface area contributed by atoms with Crippen molar-refractivity contribution in [2.45, 2.75) is 22.3 Å². The van der Waals surface area contributed by atoms with Crippen LogP contribution in [0.1, 0.15) is 16.7 Å². The molecule has 8 heteroatoms. The normalized spacial score (nSPS) is 25.3. The molecule has 0 amide bonds. The minimum Gasteiger partial charge on any atom is -0.365 e. The van der Waals surface area contributed by atoms with Gasteiger partial charge in [0.15, 0.2) is 5.72 Å². The number of halogens is 1. The van der Waals surface area contributed by atoms with Crippen LogP contribution in [-0.2, 0) is 22.2 Å². The second kappa shape index (κ2) is 5.31. The molecule has 0 saturated carbocycles. The Morgan fingerprint density at radius 1 is 1.25 bits per heavy atom. The van der Waals surface area contributed by atoms with Gasteiger partial charge in [0.25, 0.3) is 0 Å². The van der Waals surface area contributed by atoms with E-state index in [1.807, 2.05) is 12.1 Å². The van der Waals surface area contributed by atoms with Gasteiger partial charge >= 0.3 is 0 Å². The number of hydrogen-bond acceptors (Lipinski definition) is 5. The van der Waals surface area contributed by atoms with Crippen molar-refractivity contribution in [2.75, 3.05) is 0 Å². The number of rotatable bonds is 2. The summed E-state index contributed by atoms with van der Waals surface area (Å²) in [5, 5.41) is 17.3. The van der Waals surface area contributed by atoms with Gasteiger partial charge in [-0.15, -0.1) is 0 Å². The Morgan fingerprint density at radius 2 is 1.96 bits per heavy atom. The van der Waals surface area contributed by atoms with Crippen molar-refractivity contribution >= 4 is 38.4 Å². The summed E-state index contributed by atoms with van der Waals surface area (Å²) in [7, 11) is -3.72. The molecule has 2 atom stereocenters. The first-order chi connectivity index (χ1) is 11.3. The fourth-order valence-electron chi connectivity index (χ4n) is 3.10. The molecule has 0 saturated heterocycles. The minimum atomic E-state index is -3.72. The van der Waals surface area contributed by atoms with E-state index in [1.54, 1.807) is 18.2 Å². The van der Waals surface area contributed by atoms with Crippen LogP contribution in [0.5, 0.6) is 0 Å². The predicted molar refractivity (Wildman–Crippen MR) is 94.8 cm³/mol. The van der Waals surface area contributed by atoms with Gasteiger partial charge in [0, 0.05) is 16.1 Å². The topological polar surface area (TPSA) is 92.8 Å². The third-order valence-corrected chi connectivity index (χ3v) is 6.77. The van der Waals surface area contributed by atoms with Crippen LogP contribution in [0.25, 0.3) is 0 Å². The maximum absolute atomic E-state index is 11.3. The lowest BCUT2D eigenvalue weighted by atomic mass is 10.1. The van der Waals surface area contributed by atoms with Crippen LogP contribution in [-0.4, -0.2) is 23.8 Å². The molecule has 0 spiro atoms. The fourth-order valence-corrected chi connectivity index (χ4v) is 5.15. The first kappa shape index (κ1) is 16.1. The molecule has 1 aliphatic carbocycles. The van der Waals surface area contributed by atoms with Crippen molar-refractivity contribution in [1.82, 2.24) is 0 Å². The second-order valence-electron chi connectivity index (χ2n) is 5.82. The molecule has 2 aromatic rings. The van der Waals surface area contributed by atoms with Gasteiger partial charge in [-0.25, -0.2) is 18.5 Å².